The quantitative estimate of drug-likeness (QED) is 0.210. The molecule has 0 aliphatic rings. The van der Waals surface area contributed by atoms with E-state index in [1.165, 1.54) is 42.1 Å². The van der Waals surface area contributed by atoms with E-state index < -0.39 is 37.5 Å². The summed E-state index contributed by atoms with van der Waals surface area (Å²) < 4.78 is 16.4. The first-order valence-corrected chi connectivity index (χ1v) is 14.1. The van der Waals surface area contributed by atoms with Crippen molar-refractivity contribution in [1.29, 1.82) is 0 Å². The van der Waals surface area contributed by atoms with Gasteiger partial charge in [0.05, 0.1) is 0 Å². The molecule has 12 nitrogen and oxygen atoms in total. The number of hydrogen-bond acceptors (Lipinski definition) is 12. The van der Waals surface area contributed by atoms with Gasteiger partial charge in [-0.1, -0.05) is 0 Å². The maximum atomic E-state index is 12.4. The minimum atomic E-state index is -5.18. The Hall–Kier alpha value is -2.38. The first-order chi connectivity index (χ1) is 13.7. The number of nitrogens with zero attached hydrogens (tertiary/aromatic N) is 3. The average Bonchev–Trinajstić information content (AvgIpc) is 2.66. The Morgan fingerprint density at radius 3 is 1.24 bits per heavy atom. The molecule has 164 valence electrons. The van der Waals surface area contributed by atoms with Crippen molar-refractivity contribution in [3.63, 3.8) is 0 Å². The molecular weight excluding hydrogens is 497 g/mol. The van der Waals surface area contributed by atoms with Gasteiger partial charge >= 0.3 is 175 Å². The van der Waals surface area contributed by atoms with Gasteiger partial charge in [0, 0.05) is 0 Å². The third-order valence-electron chi connectivity index (χ3n) is 3.15. The Morgan fingerprint density at radius 1 is 0.690 bits per heavy atom. The average molecular weight is 524 g/mol. The second-order valence-corrected chi connectivity index (χ2v) is 12.6. The number of carbonyl (C=O) groups is 3. The van der Waals surface area contributed by atoms with Crippen LogP contribution in [0.3, 0.4) is 0 Å². The predicted molar refractivity (Wildman–Crippen MR) is 104 cm³/mol. The third kappa shape index (κ3) is 9.58. The second-order valence-electron chi connectivity index (χ2n) is 5.53. The van der Waals surface area contributed by atoms with E-state index in [4.69, 9.17) is 9.22 Å². The molecule has 0 aliphatic carbocycles. The molecule has 0 rings (SSSR count). The van der Waals surface area contributed by atoms with E-state index in [9.17, 15) is 14.4 Å². The summed E-state index contributed by atoms with van der Waals surface area (Å²) in [6.45, 7) is 5.87. The van der Waals surface area contributed by atoms with E-state index in [-0.39, 0.29) is 21.6 Å². The summed E-state index contributed by atoms with van der Waals surface area (Å²) in [5.74, 6) is -2.83. The van der Waals surface area contributed by atoms with Crippen LogP contribution in [0.15, 0.2) is 15.5 Å². The van der Waals surface area contributed by atoms with Crippen LogP contribution < -0.4 is 0 Å². The number of hydrogen-bond donors (Lipinski definition) is 0. The van der Waals surface area contributed by atoms with Crippen molar-refractivity contribution < 1.29 is 38.1 Å². The Labute approximate surface area is 174 Å². The van der Waals surface area contributed by atoms with Gasteiger partial charge in [-0.2, -0.15) is 0 Å². The Bertz CT molecular complexity index is 593. The van der Waals surface area contributed by atoms with Crippen LogP contribution in [0.2, 0.25) is 4.44 Å². The van der Waals surface area contributed by atoms with Crippen molar-refractivity contribution >= 4 is 54.7 Å². The summed E-state index contributed by atoms with van der Waals surface area (Å²) >= 11 is -5.18. The molecule has 0 fully saturated rings. The SMILES string of the molecule is CCC[CH2][Sn]([O]C(=O)/C(C)=N/OC)([O]C(=O)/C(C)=N/OC)[O]C(=O)/C(C)=N/OC. The molecule has 0 unspecified atom stereocenters. The van der Waals surface area contributed by atoms with Crippen molar-refractivity contribution in [3.05, 3.63) is 0 Å². The summed E-state index contributed by atoms with van der Waals surface area (Å²) in [6.07, 6.45) is 1.12. The van der Waals surface area contributed by atoms with E-state index in [0.29, 0.717) is 12.8 Å². The summed E-state index contributed by atoms with van der Waals surface area (Å²) in [5, 5.41) is 10.5. The van der Waals surface area contributed by atoms with E-state index >= 15 is 0 Å². The summed E-state index contributed by atoms with van der Waals surface area (Å²) in [7, 11) is 3.75. The van der Waals surface area contributed by atoms with Crippen molar-refractivity contribution in [2.75, 3.05) is 21.3 Å². The Morgan fingerprint density at radius 2 is 1.00 bits per heavy atom. The number of rotatable bonds is 12. The Kier molecular flexibility index (Phi) is 12.6. The Balaban J connectivity index is 6.05. The van der Waals surface area contributed by atoms with Gasteiger partial charge in [-0.3, -0.25) is 0 Å². The standard InChI is InChI=1S/3C4H7NO3.C4H9.Sn/c3*1-3(4(6)7)5-8-2;1-3-4-2;/h3*1-2H3,(H,6,7);1,3-4H2,2H3;/q;;;;+3/p-3/b3*5-3+;;. The molecule has 0 aliphatic heterocycles. The predicted octanol–water partition coefficient (Wildman–Crippen LogP) is 1.42. The molecule has 0 saturated carbocycles. The molecule has 13 heteroatoms. The molecule has 0 bridgehead atoms. The van der Waals surface area contributed by atoms with Crippen molar-refractivity contribution in [2.24, 2.45) is 15.5 Å². The van der Waals surface area contributed by atoms with Crippen molar-refractivity contribution in [2.45, 2.75) is 45.0 Å². The number of unbranched alkanes of at least 4 members (excludes halogenated alkanes) is 1. The van der Waals surface area contributed by atoms with Gasteiger partial charge in [0.2, 0.25) is 0 Å². The van der Waals surface area contributed by atoms with Gasteiger partial charge in [-0.05, 0) is 0 Å². The van der Waals surface area contributed by atoms with Crippen LogP contribution in [0, 0.1) is 0 Å². The molecule has 0 radical (unpaired) electrons. The number of oxime groups is 3. The molecule has 0 aromatic carbocycles. The molecule has 0 aromatic rings. The monoisotopic (exact) mass is 525 g/mol. The van der Waals surface area contributed by atoms with E-state index in [0.717, 1.165) is 0 Å². The van der Waals surface area contributed by atoms with Crippen LogP contribution in [-0.4, -0.2) is 76.0 Å². The first-order valence-electron chi connectivity index (χ1n) is 8.59. The summed E-state index contributed by atoms with van der Waals surface area (Å²) in [5.41, 5.74) is -0.454. The van der Waals surface area contributed by atoms with Crippen LogP contribution in [0.1, 0.15) is 40.5 Å². The van der Waals surface area contributed by atoms with Crippen LogP contribution in [-0.2, 0) is 38.1 Å². The summed E-state index contributed by atoms with van der Waals surface area (Å²) in [4.78, 5) is 50.8. The molecule has 0 atom stereocenters. The van der Waals surface area contributed by atoms with Crippen LogP contribution >= 0.6 is 0 Å². The molecule has 0 N–H and O–H groups in total. The molecule has 0 spiro atoms. The van der Waals surface area contributed by atoms with Crippen molar-refractivity contribution in [1.82, 2.24) is 0 Å². The van der Waals surface area contributed by atoms with Crippen molar-refractivity contribution in [3.8, 4) is 0 Å². The third-order valence-corrected chi connectivity index (χ3v) is 10.2. The van der Waals surface area contributed by atoms with Crippen LogP contribution in [0.25, 0.3) is 0 Å². The fourth-order valence-electron chi connectivity index (χ4n) is 1.78. The van der Waals surface area contributed by atoms with Gasteiger partial charge in [-0.25, -0.2) is 0 Å². The van der Waals surface area contributed by atoms with Gasteiger partial charge in [0.1, 0.15) is 0 Å². The molecule has 0 amide bonds. The fraction of sp³-hybridized carbons (Fsp3) is 0.625. The molecule has 0 aromatic heterocycles. The maximum absolute atomic E-state index is 12.4. The van der Waals surface area contributed by atoms with Gasteiger partial charge in [0.15, 0.2) is 0 Å². The molecule has 0 heterocycles. The second kappa shape index (κ2) is 13.7. The minimum absolute atomic E-state index is 0.0508. The van der Waals surface area contributed by atoms with Gasteiger partial charge in [-0.15, -0.1) is 0 Å². The summed E-state index contributed by atoms with van der Waals surface area (Å²) in [6, 6.07) is 0. The van der Waals surface area contributed by atoms with Crippen LogP contribution in [0.5, 0.6) is 0 Å². The van der Waals surface area contributed by atoms with Gasteiger partial charge < -0.3 is 0 Å². The van der Waals surface area contributed by atoms with Crippen LogP contribution in [0.4, 0.5) is 0 Å². The normalized spacial score (nSPS) is 12.7. The first kappa shape index (κ1) is 26.6. The topological polar surface area (TPSA) is 144 Å². The van der Waals surface area contributed by atoms with E-state index in [2.05, 4.69) is 30.0 Å². The molecular formula is C16H27N3O9Sn. The zero-order valence-corrected chi connectivity index (χ0v) is 20.5. The zero-order valence-electron chi connectivity index (χ0n) is 17.6. The van der Waals surface area contributed by atoms with E-state index in [1.807, 2.05) is 6.92 Å². The van der Waals surface area contributed by atoms with E-state index in [1.54, 1.807) is 0 Å². The molecule has 0 saturated heterocycles. The van der Waals surface area contributed by atoms with Gasteiger partial charge in [0.25, 0.3) is 0 Å². The number of carbonyl (C=O) groups excluding carboxylic acids is 3. The fourth-order valence-corrected chi connectivity index (χ4v) is 8.94. The zero-order chi connectivity index (χ0) is 22.4. The molecule has 29 heavy (non-hydrogen) atoms.